The quantitative estimate of drug-likeness (QED) is 0.889. The second-order valence-electron chi connectivity index (χ2n) is 6.89. The monoisotopic (exact) mass is 359 g/mol. The van der Waals surface area contributed by atoms with Crippen LogP contribution in [-0.2, 0) is 17.6 Å². The first-order chi connectivity index (χ1) is 12.5. The van der Waals surface area contributed by atoms with Crippen LogP contribution in [0.3, 0.4) is 0 Å². The fourth-order valence-corrected chi connectivity index (χ4v) is 3.50. The molecule has 1 atom stereocenters. The largest absolute Gasteiger partial charge is 0.392 e. The minimum atomic E-state index is -0.688. The van der Waals surface area contributed by atoms with Crippen LogP contribution < -0.4 is 0 Å². The van der Waals surface area contributed by atoms with Crippen molar-refractivity contribution < 1.29 is 18.7 Å². The van der Waals surface area contributed by atoms with E-state index < -0.39 is 17.7 Å². The predicted octanol–water partition coefficient (Wildman–Crippen LogP) is 3.35. The summed E-state index contributed by atoms with van der Waals surface area (Å²) in [4.78, 5) is 14.1. The van der Waals surface area contributed by atoms with Crippen LogP contribution in [0.2, 0.25) is 0 Å². The highest BCUT2D eigenvalue weighted by atomic mass is 19.1. The lowest BCUT2D eigenvalue weighted by atomic mass is 9.88. The first-order valence-electron chi connectivity index (χ1n) is 8.96. The molecule has 0 radical (unpaired) electrons. The maximum atomic E-state index is 13.7. The summed E-state index contributed by atoms with van der Waals surface area (Å²) in [7, 11) is 0. The molecule has 5 heteroatoms. The van der Waals surface area contributed by atoms with Crippen LogP contribution >= 0.6 is 0 Å². The van der Waals surface area contributed by atoms with Gasteiger partial charge in [-0.25, -0.2) is 8.78 Å². The van der Waals surface area contributed by atoms with Gasteiger partial charge < -0.3 is 10.0 Å². The summed E-state index contributed by atoms with van der Waals surface area (Å²) in [5, 5.41) is 10.5. The molecule has 0 aromatic heterocycles. The number of benzene rings is 2. The summed E-state index contributed by atoms with van der Waals surface area (Å²) in [5.74, 6) is -1.34. The highest BCUT2D eigenvalue weighted by Gasteiger charge is 2.27. The molecule has 1 heterocycles. The van der Waals surface area contributed by atoms with Crippen molar-refractivity contribution in [3.63, 3.8) is 0 Å². The number of carbonyl (C=O) groups excluding carboxylic acids is 1. The molecule has 2 aromatic rings. The second kappa shape index (κ2) is 8.41. The second-order valence-corrected chi connectivity index (χ2v) is 6.89. The van der Waals surface area contributed by atoms with E-state index in [9.17, 15) is 18.7 Å². The van der Waals surface area contributed by atoms with E-state index in [4.69, 9.17) is 0 Å². The highest BCUT2D eigenvalue weighted by Crippen LogP contribution is 2.24. The minimum absolute atomic E-state index is 0.0661. The van der Waals surface area contributed by atoms with Gasteiger partial charge in [-0.05, 0) is 42.4 Å². The number of hydrogen-bond acceptors (Lipinski definition) is 2. The molecule has 0 aliphatic carbocycles. The standard InChI is InChI=1S/C21H23F2NO2/c22-18-7-6-17(19(23)14-18)13-21(26)24-10-8-16(9-11-24)20(25)12-15-4-2-1-3-5-15/h1-7,14,16,20,25H,8-13H2/t20-/m1/s1. The van der Waals surface area contributed by atoms with Gasteiger partial charge in [0.2, 0.25) is 5.91 Å². The lowest BCUT2D eigenvalue weighted by Crippen LogP contribution is -2.42. The topological polar surface area (TPSA) is 40.5 Å². The van der Waals surface area contributed by atoms with Crippen molar-refractivity contribution in [2.75, 3.05) is 13.1 Å². The summed E-state index contributed by atoms with van der Waals surface area (Å²) in [6.45, 7) is 1.11. The summed E-state index contributed by atoms with van der Waals surface area (Å²) < 4.78 is 26.7. The van der Waals surface area contributed by atoms with Crippen LogP contribution in [0.5, 0.6) is 0 Å². The van der Waals surface area contributed by atoms with Crippen LogP contribution in [0, 0.1) is 17.6 Å². The van der Waals surface area contributed by atoms with E-state index in [1.165, 1.54) is 6.07 Å². The molecule has 0 spiro atoms. The molecular formula is C21H23F2NO2. The van der Waals surface area contributed by atoms with Crippen LogP contribution in [0.15, 0.2) is 48.5 Å². The predicted molar refractivity (Wildman–Crippen MR) is 95.5 cm³/mol. The molecule has 1 saturated heterocycles. The van der Waals surface area contributed by atoms with Gasteiger partial charge in [0, 0.05) is 19.2 Å². The van der Waals surface area contributed by atoms with E-state index in [-0.39, 0.29) is 23.8 Å². The SMILES string of the molecule is O=C(Cc1ccc(F)cc1F)N1CCC([C@H](O)Cc2ccccc2)CC1. The molecule has 1 N–H and O–H groups in total. The third-order valence-corrected chi connectivity index (χ3v) is 5.08. The van der Waals surface area contributed by atoms with Gasteiger partial charge in [-0.3, -0.25) is 4.79 Å². The first kappa shape index (κ1) is 18.5. The number of nitrogens with zero attached hydrogens (tertiary/aromatic N) is 1. The molecule has 138 valence electrons. The molecule has 0 bridgehead atoms. The molecule has 0 unspecified atom stereocenters. The van der Waals surface area contributed by atoms with Crippen molar-refractivity contribution in [1.82, 2.24) is 4.90 Å². The van der Waals surface area contributed by atoms with E-state index in [0.29, 0.717) is 19.5 Å². The number of aliphatic hydroxyl groups excluding tert-OH is 1. The highest BCUT2D eigenvalue weighted by molar-refractivity contribution is 5.78. The zero-order chi connectivity index (χ0) is 18.5. The molecule has 26 heavy (non-hydrogen) atoms. The Morgan fingerprint density at radius 1 is 1.12 bits per heavy atom. The van der Waals surface area contributed by atoms with Crippen molar-refractivity contribution in [3.8, 4) is 0 Å². The van der Waals surface area contributed by atoms with Gasteiger partial charge >= 0.3 is 0 Å². The average Bonchev–Trinajstić information content (AvgIpc) is 2.65. The van der Waals surface area contributed by atoms with E-state index in [0.717, 1.165) is 30.5 Å². The number of aliphatic hydroxyl groups is 1. The van der Waals surface area contributed by atoms with Crippen molar-refractivity contribution in [2.45, 2.75) is 31.8 Å². The molecule has 3 nitrogen and oxygen atoms in total. The fourth-order valence-electron chi connectivity index (χ4n) is 3.50. The van der Waals surface area contributed by atoms with Crippen LogP contribution in [-0.4, -0.2) is 35.1 Å². The van der Waals surface area contributed by atoms with Gasteiger partial charge in [0.1, 0.15) is 11.6 Å². The van der Waals surface area contributed by atoms with Crippen LogP contribution in [0.4, 0.5) is 8.78 Å². The Balaban J connectivity index is 1.50. The van der Waals surface area contributed by atoms with E-state index in [1.54, 1.807) is 4.90 Å². The summed E-state index contributed by atoms with van der Waals surface area (Å²) >= 11 is 0. The number of carbonyl (C=O) groups is 1. The van der Waals surface area contributed by atoms with Gasteiger partial charge in [0.15, 0.2) is 0 Å². The molecule has 0 saturated carbocycles. The van der Waals surface area contributed by atoms with Crippen LogP contribution in [0.25, 0.3) is 0 Å². The molecule has 3 rings (SSSR count). The lowest BCUT2D eigenvalue weighted by molar-refractivity contribution is -0.132. The zero-order valence-electron chi connectivity index (χ0n) is 14.6. The van der Waals surface area contributed by atoms with Gasteiger partial charge in [0.05, 0.1) is 12.5 Å². The number of hydrogen-bond donors (Lipinski definition) is 1. The number of halogens is 2. The third kappa shape index (κ3) is 4.67. The summed E-state index contributed by atoms with van der Waals surface area (Å²) in [6.07, 6.45) is 1.57. The smallest absolute Gasteiger partial charge is 0.227 e. The van der Waals surface area contributed by atoms with Crippen molar-refractivity contribution in [1.29, 1.82) is 0 Å². The maximum Gasteiger partial charge on any atom is 0.227 e. The minimum Gasteiger partial charge on any atom is -0.392 e. The Morgan fingerprint density at radius 2 is 1.81 bits per heavy atom. The normalized spacial score (nSPS) is 16.5. The van der Waals surface area contributed by atoms with Gasteiger partial charge in [-0.15, -0.1) is 0 Å². The molecule has 1 aliphatic heterocycles. The molecule has 2 aromatic carbocycles. The Hall–Kier alpha value is -2.27. The molecule has 1 amide bonds. The van der Waals surface area contributed by atoms with E-state index in [1.807, 2.05) is 30.3 Å². The molecule has 1 fully saturated rings. The van der Waals surface area contributed by atoms with Crippen molar-refractivity contribution in [3.05, 3.63) is 71.3 Å². The summed E-state index contributed by atoms with van der Waals surface area (Å²) in [5.41, 5.74) is 1.31. The maximum absolute atomic E-state index is 13.7. The number of piperidine rings is 1. The van der Waals surface area contributed by atoms with Gasteiger partial charge in [0.25, 0.3) is 0 Å². The lowest BCUT2D eigenvalue weighted by Gasteiger charge is -2.34. The van der Waals surface area contributed by atoms with E-state index >= 15 is 0 Å². The number of amides is 1. The van der Waals surface area contributed by atoms with Crippen molar-refractivity contribution in [2.24, 2.45) is 5.92 Å². The third-order valence-electron chi connectivity index (χ3n) is 5.08. The molecular weight excluding hydrogens is 336 g/mol. The molecule has 1 aliphatic rings. The van der Waals surface area contributed by atoms with Gasteiger partial charge in [-0.1, -0.05) is 36.4 Å². The van der Waals surface area contributed by atoms with Crippen molar-refractivity contribution >= 4 is 5.91 Å². The number of likely N-dealkylation sites (tertiary alicyclic amines) is 1. The summed E-state index contributed by atoms with van der Waals surface area (Å²) in [6, 6.07) is 13.1. The van der Waals surface area contributed by atoms with Crippen LogP contribution in [0.1, 0.15) is 24.0 Å². The number of rotatable bonds is 5. The van der Waals surface area contributed by atoms with Gasteiger partial charge in [-0.2, -0.15) is 0 Å². The Bertz CT molecular complexity index is 743. The fraction of sp³-hybridized carbons (Fsp3) is 0.381. The zero-order valence-corrected chi connectivity index (χ0v) is 14.6. The Kier molecular flexibility index (Phi) is 5.99. The first-order valence-corrected chi connectivity index (χ1v) is 8.96. The van der Waals surface area contributed by atoms with E-state index in [2.05, 4.69) is 0 Å². The average molecular weight is 359 g/mol. The Morgan fingerprint density at radius 3 is 2.46 bits per heavy atom. The Labute approximate surface area is 152 Å².